The summed E-state index contributed by atoms with van der Waals surface area (Å²) in [6.07, 6.45) is 13.2. The van der Waals surface area contributed by atoms with E-state index in [2.05, 4.69) is 172 Å². The molecule has 4 saturated carbocycles. The molecule has 0 saturated heterocycles. The number of nitrogens with zero attached hydrogens (tertiary/aromatic N) is 1. The van der Waals surface area contributed by atoms with Crippen LogP contribution in [0.15, 0.2) is 140 Å². The van der Waals surface area contributed by atoms with Gasteiger partial charge >= 0.3 is 0 Å². The number of rotatable bonds is 5. The second kappa shape index (κ2) is 10.8. The maximum atomic E-state index is 2.77. The van der Waals surface area contributed by atoms with Crippen molar-refractivity contribution in [2.75, 3.05) is 4.90 Å². The summed E-state index contributed by atoms with van der Waals surface area (Å²) in [6, 6.07) is 46.3. The topological polar surface area (TPSA) is 3.24 Å². The zero-order valence-corrected chi connectivity index (χ0v) is 32.2. The summed E-state index contributed by atoms with van der Waals surface area (Å²) in [5.41, 5.74) is 16.1. The first-order valence-corrected chi connectivity index (χ1v) is 21.0. The van der Waals surface area contributed by atoms with Gasteiger partial charge in [-0.05, 0) is 147 Å². The summed E-state index contributed by atoms with van der Waals surface area (Å²) < 4.78 is 0. The highest BCUT2D eigenvalue weighted by molar-refractivity contribution is 5.86. The minimum Gasteiger partial charge on any atom is -0.310 e. The molecule has 7 aliphatic rings. The van der Waals surface area contributed by atoms with Crippen LogP contribution in [-0.4, -0.2) is 0 Å². The normalized spacial score (nSPS) is 33.3. The lowest BCUT2D eigenvalue weighted by molar-refractivity contribution is 0.124. The fourth-order valence-corrected chi connectivity index (χ4v) is 14.3. The van der Waals surface area contributed by atoms with Crippen LogP contribution in [0.1, 0.15) is 87.1 Å². The minimum atomic E-state index is 0.0655. The highest BCUT2D eigenvalue weighted by atomic mass is 15.2. The van der Waals surface area contributed by atoms with E-state index in [1.54, 1.807) is 11.1 Å². The smallest absolute Gasteiger partial charge is 0.0502 e. The third-order valence-corrected chi connectivity index (χ3v) is 16.3. The third-order valence-electron chi connectivity index (χ3n) is 16.3. The van der Waals surface area contributed by atoms with E-state index in [1.165, 1.54) is 76.1 Å². The molecule has 6 atom stereocenters. The van der Waals surface area contributed by atoms with Gasteiger partial charge in [0.2, 0.25) is 0 Å². The lowest BCUT2D eigenvalue weighted by atomic mass is 9.56. The van der Waals surface area contributed by atoms with Gasteiger partial charge < -0.3 is 4.90 Å². The average molecular weight is 702 g/mol. The molecule has 0 aliphatic heterocycles. The van der Waals surface area contributed by atoms with Gasteiger partial charge in [-0.3, -0.25) is 0 Å². The van der Waals surface area contributed by atoms with Gasteiger partial charge in [-0.25, -0.2) is 0 Å². The molecule has 5 aromatic rings. The van der Waals surface area contributed by atoms with Crippen molar-refractivity contribution in [2.24, 2.45) is 41.4 Å². The van der Waals surface area contributed by atoms with Crippen LogP contribution in [0.3, 0.4) is 0 Å². The molecule has 1 nitrogen and oxygen atoms in total. The van der Waals surface area contributed by atoms with Crippen LogP contribution in [0.25, 0.3) is 16.7 Å². The third kappa shape index (κ3) is 4.01. The molecule has 54 heavy (non-hydrogen) atoms. The van der Waals surface area contributed by atoms with Crippen LogP contribution in [0.2, 0.25) is 0 Å². The Kier molecular flexibility index (Phi) is 6.33. The predicted octanol–water partition coefficient (Wildman–Crippen LogP) is 13.3. The maximum absolute atomic E-state index is 2.77. The van der Waals surface area contributed by atoms with Crippen molar-refractivity contribution >= 4 is 22.6 Å². The van der Waals surface area contributed by atoms with Gasteiger partial charge in [-0.15, -0.1) is 0 Å². The highest BCUT2D eigenvalue weighted by Gasteiger charge is 2.84. The van der Waals surface area contributed by atoms with Crippen LogP contribution >= 0.6 is 0 Å². The Balaban J connectivity index is 1.10. The predicted molar refractivity (Wildman–Crippen MR) is 223 cm³/mol. The van der Waals surface area contributed by atoms with Crippen molar-refractivity contribution in [1.82, 2.24) is 0 Å². The van der Waals surface area contributed by atoms with E-state index < -0.39 is 0 Å². The Morgan fingerprint density at radius 2 is 1.17 bits per heavy atom. The lowest BCUT2D eigenvalue weighted by Gasteiger charge is -2.47. The van der Waals surface area contributed by atoms with Crippen LogP contribution in [0, 0.1) is 41.4 Å². The van der Waals surface area contributed by atoms with Crippen molar-refractivity contribution in [3.63, 3.8) is 0 Å². The number of hydrogen-bond donors (Lipinski definition) is 0. The van der Waals surface area contributed by atoms with Gasteiger partial charge in [0, 0.05) is 17.0 Å². The van der Waals surface area contributed by atoms with Crippen LogP contribution < -0.4 is 4.90 Å². The number of hydrogen-bond acceptors (Lipinski definition) is 1. The van der Waals surface area contributed by atoms with Crippen molar-refractivity contribution < 1.29 is 0 Å². The number of fused-ring (bicyclic) bond motifs is 8. The maximum Gasteiger partial charge on any atom is 0.0502 e. The molecule has 1 heteroatoms. The lowest BCUT2D eigenvalue weighted by Crippen LogP contribution is -2.45. The van der Waals surface area contributed by atoms with E-state index in [0.717, 1.165) is 35.5 Å². The standard InChI is InChI=1S/C53H51N/c1-51(2)27-28-52(3,4)50-40(51)18-12-20-45(50)54(37-24-21-34(22-25-37)32-13-7-5-8-14-32)44-19-11-17-39-47(44)38-26-23-35(33-15-9-6-10-16-33)29-41(38)53(39)42-30-36-31-43(53)49-46(36)48(42)49/h5-26,29,36,38,41-43,46,48-49H,27-28,30-31H2,1-4H3. The average Bonchev–Trinajstić information content (AvgIpc) is 3.56. The fraction of sp³-hybridized carbons (Fsp3) is 0.358. The second-order valence-corrected chi connectivity index (χ2v) is 19.5. The zero-order chi connectivity index (χ0) is 36.1. The summed E-state index contributed by atoms with van der Waals surface area (Å²) >= 11 is 0. The van der Waals surface area contributed by atoms with Crippen molar-refractivity contribution in [3.05, 3.63) is 167 Å². The molecule has 0 aromatic heterocycles. The van der Waals surface area contributed by atoms with E-state index in [1.807, 2.05) is 0 Å². The SMILES string of the molecule is CC1(C)CCC(C)(C)c2c(N(c3ccc(-c4ccccc4)cc3)c3cccc4c3C3C=CC(c5ccccc5)=CC3C43C4CC5CC3C3C5C34)cccc21. The molecule has 4 fully saturated rings. The van der Waals surface area contributed by atoms with Gasteiger partial charge in [0.25, 0.3) is 0 Å². The van der Waals surface area contributed by atoms with Gasteiger partial charge in [0.15, 0.2) is 0 Å². The number of benzene rings is 5. The van der Waals surface area contributed by atoms with E-state index in [-0.39, 0.29) is 16.2 Å². The van der Waals surface area contributed by atoms with Gasteiger partial charge in [-0.1, -0.05) is 143 Å². The van der Waals surface area contributed by atoms with Crippen molar-refractivity contribution in [2.45, 2.75) is 75.5 Å². The first-order valence-electron chi connectivity index (χ1n) is 21.0. The van der Waals surface area contributed by atoms with Gasteiger partial charge in [0.1, 0.15) is 0 Å². The molecule has 6 unspecified atom stereocenters. The van der Waals surface area contributed by atoms with E-state index in [4.69, 9.17) is 0 Å². The van der Waals surface area contributed by atoms with E-state index >= 15 is 0 Å². The summed E-state index contributed by atoms with van der Waals surface area (Å²) in [6.45, 7) is 9.92. The monoisotopic (exact) mass is 701 g/mol. The van der Waals surface area contributed by atoms with Crippen molar-refractivity contribution in [3.8, 4) is 11.1 Å². The molecule has 0 amide bonds. The van der Waals surface area contributed by atoms with E-state index in [0.29, 0.717) is 11.8 Å². The van der Waals surface area contributed by atoms with Gasteiger partial charge in [0.05, 0.1) is 11.4 Å². The molecule has 7 aliphatic carbocycles. The van der Waals surface area contributed by atoms with Crippen LogP contribution in [-0.2, 0) is 16.2 Å². The molecule has 0 radical (unpaired) electrons. The number of allylic oxidation sites excluding steroid dienone is 4. The van der Waals surface area contributed by atoms with Crippen molar-refractivity contribution in [1.29, 1.82) is 0 Å². The Morgan fingerprint density at radius 3 is 1.85 bits per heavy atom. The summed E-state index contributed by atoms with van der Waals surface area (Å²) in [5, 5.41) is 0. The zero-order valence-electron chi connectivity index (χ0n) is 32.2. The number of anilines is 3. The minimum absolute atomic E-state index is 0.0655. The molecular weight excluding hydrogens is 651 g/mol. The molecular formula is C53H51N. The second-order valence-electron chi connectivity index (χ2n) is 19.5. The Hall–Kier alpha value is -4.62. The molecule has 0 N–H and O–H groups in total. The molecule has 1 spiro atoms. The molecule has 268 valence electrons. The van der Waals surface area contributed by atoms with Crippen LogP contribution in [0.4, 0.5) is 17.1 Å². The molecule has 0 bridgehead atoms. The Labute approximate surface area is 321 Å². The summed E-state index contributed by atoms with van der Waals surface area (Å²) in [7, 11) is 0. The molecule has 5 aromatic carbocycles. The quantitative estimate of drug-likeness (QED) is 0.176. The highest BCUT2D eigenvalue weighted by Crippen LogP contribution is 2.88. The summed E-state index contributed by atoms with van der Waals surface area (Å²) in [5.74, 6) is 6.47. The van der Waals surface area contributed by atoms with Crippen LogP contribution in [0.5, 0.6) is 0 Å². The first kappa shape index (κ1) is 31.7. The first-order chi connectivity index (χ1) is 26.3. The van der Waals surface area contributed by atoms with E-state index in [9.17, 15) is 0 Å². The Bertz CT molecular complexity index is 2370. The largest absolute Gasteiger partial charge is 0.310 e. The van der Waals surface area contributed by atoms with Gasteiger partial charge in [-0.2, -0.15) is 0 Å². The molecule has 0 heterocycles. The summed E-state index contributed by atoms with van der Waals surface area (Å²) in [4.78, 5) is 2.71. The molecule has 12 rings (SSSR count). The fourth-order valence-electron chi connectivity index (χ4n) is 14.3. The Morgan fingerprint density at radius 1 is 0.556 bits per heavy atom.